The molecule has 26 heavy (non-hydrogen) atoms. The van der Waals surface area contributed by atoms with Gasteiger partial charge in [0, 0.05) is 37.2 Å². The molecule has 1 N–H and O–H groups in total. The van der Waals surface area contributed by atoms with E-state index in [1.807, 2.05) is 34.1 Å². The van der Waals surface area contributed by atoms with Gasteiger partial charge in [-0.25, -0.2) is 0 Å². The minimum absolute atomic E-state index is 0.134. The fraction of sp³-hybridized carbons (Fsp3) is 0.600. The van der Waals surface area contributed by atoms with E-state index >= 15 is 0 Å². The number of rotatable bonds is 4. The van der Waals surface area contributed by atoms with Gasteiger partial charge in [-0.1, -0.05) is 37.6 Å². The van der Waals surface area contributed by atoms with Gasteiger partial charge in [0.2, 0.25) is 11.8 Å². The first-order chi connectivity index (χ1) is 12.5. The van der Waals surface area contributed by atoms with E-state index in [2.05, 4.69) is 19.2 Å². The standard InChI is InChI=1S/C20H28ClN3O2/c1-14(2)19(15-5-3-6-16(21)11-15)20(26)23-9-4-7-17(13-23)24-10-8-22-12-18(24)25/h3,5-6,11,14,17,19,22H,4,7-10,12-13H2,1-2H3. The smallest absolute Gasteiger partial charge is 0.236 e. The van der Waals surface area contributed by atoms with Gasteiger partial charge in [0.05, 0.1) is 12.5 Å². The number of nitrogens with one attached hydrogen (secondary N) is 1. The second-order valence-electron chi connectivity index (χ2n) is 7.62. The van der Waals surface area contributed by atoms with Crippen LogP contribution < -0.4 is 5.32 Å². The van der Waals surface area contributed by atoms with E-state index < -0.39 is 0 Å². The van der Waals surface area contributed by atoms with Gasteiger partial charge in [-0.3, -0.25) is 9.59 Å². The Morgan fingerprint density at radius 3 is 2.81 bits per heavy atom. The largest absolute Gasteiger partial charge is 0.340 e. The zero-order chi connectivity index (χ0) is 18.7. The van der Waals surface area contributed by atoms with Gasteiger partial charge >= 0.3 is 0 Å². The molecule has 142 valence electrons. The molecule has 5 nitrogen and oxygen atoms in total. The Morgan fingerprint density at radius 2 is 2.12 bits per heavy atom. The Bertz CT molecular complexity index is 664. The fourth-order valence-corrected chi connectivity index (χ4v) is 4.32. The van der Waals surface area contributed by atoms with Crippen molar-refractivity contribution in [2.45, 2.75) is 38.6 Å². The summed E-state index contributed by atoms with van der Waals surface area (Å²) in [5.74, 6) is 0.272. The number of likely N-dealkylation sites (tertiary alicyclic amines) is 1. The highest BCUT2D eigenvalue weighted by molar-refractivity contribution is 6.30. The third kappa shape index (κ3) is 4.21. The normalized spacial score (nSPS) is 22.6. The molecule has 0 aromatic heterocycles. The molecule has 3 rings (SSSR count). The summed E-state index contributed by atoms with van der Waals surface area (Å²) in [6.07, 6.45) is 1.91. The summed E-state index contributed by atoms with van der Waals surface area (Å²) in [7, 11) is 0. The summed E-state index contributed by atoms with van der Waals surface area (Å²) in [6.45, 7) is 7.51. The molecule has 2 aliphatic heterocycles. The molecule has 2 unspecified atom stereocenters. The molecule has 1 aromatic rings. The molecule has 2 saturated heterocycles. The summed E-state index contributed by atoms with van der Waals surface area (Å²) >= 11 is 6.15. The summed E-state index contributed by atoms with van der Waals surface area (Å²) in [5, 5.41) is 3.77. The van der Waals surface area contributed by atoms with Crippen molar-refractivity contribution in [3.05, 3.63) is 34.9 Å². The van der Waals surface area contributed by atoms with Crippen molar-refractivity contribution in [2.75, 3.05) is 32.7 Å². The molecular formula is C20H28ClN3O2. The topological polar surface area (TPSA) is 52.7 Å². The number of amides is 2. The molecule has 2 amide bonds. The molecule has 0 saturated carbocycles. The first kappa shape index (κ1) is 19.2. The Hall–Kier alpha value is -1.59. The van der Waals surface area contributed by atoms with Gasteiger partial charge in [-0.15, -0.1) is 0 Å². The van der Waals surface area contributed by atoms with Gasteiger partial charge in [-0.2, -0.15) is 0 Å². The van der Waals surface area contributed by atoms with Crippen LogP contribution in [0.15, 0.2) is 24.3 Å². The molecule has 2 aliphatic rings. The van der Waals surface area contributed by atoms with E-state index in [1.165, 1.54) is 0 Å². The minimum atomic E-state index is -0.203. The SMILES string of the molecule is CC(C)C(C(=O)N1CCCC(N2CCNCC2=O)C1)c1cccc(Cl)c1. The number of piperazine rings is 1. The lowest BCUT2D eigenvalue weighted by atomic mass is 9.86. The molecule has 2 fully saturated rings. The van der Waals surface area contributed by atoms with Crippen molar-refractivity contribution in [1.29, 1.82) is 0 Å². The van der Waals surface area contributed by atoms with E-state index in [1.54, 1.807) is 0 Å². The molecule has 6 heteroatoms. The van der Waals surface area contributed by atoms with Crippen LogP contribution in [0.25, 0.3) is 0 Å². The van der Waals surface area contributed by atoms with Crippen LogP contribution >= 0.6 is 11.6 Å². The number of benzene rings is 1. The second kappa shape index (κ2) is 8.40. The Morgan fingerprint density at radius 1 is 1.31 bits per heavy atom. The predicted octanol–water partition coefficient (Wildman–Crippen LogP) is 2.50. The maximum atomic E-state index is 13.3. The van der Waals surface area contributed by atoms with Crippen molar-refractivity contribution in [2.24, 2.45) is 5.92 Å². The van der Waals surface area contributed by atoms with Crippen LogP contribution in [0.4, 0.5) is 0 Å². The van der Waals surface area contributed by atoms with Gasteiger partial charge in [0.25, 0.3) is 0 Å². The van der Waals surface area contributed by atoms with Gasteiger partial charge in [0.1, 0.15) is 0 Å². The van der Waals surface area contributed by atoms with Crippen LogP contribution in [0, 0.1) is 5.92 Å². The van der Waals surface area contributed by atoms with Crippen molar-refractivity contribution in [3.63, 3.8) is 0 Å². The molecule has 0 bridgehead atoms. The minimum Gasteiger partial charge on any atom is -0.340 e. The molecule has 1 aromatic carbocycles. The second-order valence-corrected chi connectivity index (χ2v) is 8.06. The number of piperidine rings is 1. The lowest BCUT2D eigenvalue weighted by Crippen LogP contribution is -2.58. The Balaban J connectivity index is 1.75. The summed E-state index contributed by atoms with van der Waals surface area (Å²) in [4.78, 5) is 29.5. The van der Waals surface area contributed by atoms with E-state index in [4.69, 9.17) is 11.6 Å². The molecule has 0 aliphatic carbocycles. The lowest BCUT2D eigenvalue weighted by Gasteiger charge is -2.42. The van der Waals surface area contributed by atoms with Crippen LogP contribution in [-0.4, -0.2) is 60.4 Å². The highest BCUT2D eigenvalue weighted by Gasteiger charge is 2.35. The average Bonchev–Trinajstić information content (AvgIpc) is 2.62. The number of nitrogens with zero attached hydrogens (tertiary/aromatic N) is 2. The van der Waals surface area contributed by atoms with E-state index in [9.17, 15) is 9.59 Å². The first-order valence-electron chi connectivity index (χ1n) is 9.52. The van der Waals surface area contributed by atoms with Gasteiger partial charge < -0.3 is 15.1 Å². The molecule has 2 atom stereocenters. The van der Waals surface area contributed by atoms with Crippen molar-refractivity contribution >= 4 is 23.4 Å². The zero-order valence-corrected chi connectivity index (χ0v) is 16.3. The van der Waals surface area contributed by atoms with E-state index in [0.29, 0.717) is 18.1 Å². The highest BCUT2D eigenvalue weighted by Crippen LogP contribution is 2.30. The summed E-state index contributed by atoms with van der Waals surface area (Å²) in [5.41, 5.74) is 0.970. The summed E-state index contributed by atoms with van der Waals surface area (Å²) < 4.78 is 0. The van der Waals surface area contributed by atoms with Crippen LogP contribution in [0.1, 0.15) is 38.2 Å². The van der Waals surface area contributed by atoms with E-state index in [0.717, 1.165) is 38.0 Å². The summed E-state index contributed by atoms with van der Waals surface area (Å²) in [6, 6.07) is 7.74. The number of hydrogen-bond donors (Lipinski definition) is 1. The number of hydrogen-bond acceptors (Lipinski definition) is 3. The predicted molar refractivity (Wildman–Crippen MR) is 103 cm³/mol. The molecular weight excluding hydrogens is 350 g/mol. The third-order valence-corrected chi connectivity index (χ3v) is 5.65. The van der Waals surface area contributed by atoms with Crippen LogP contribution in [0.2, 0.25) is 5.02 Å². The van der Waals surface area contributed by atoms with Crippen LogP contribution in [-0.2, 0) is 9.59 Å². The zero-order valence-electron chi connectivity index (χ0n) is 15.6. The fourth-order valence-electron chi connectivity index (χ4n) is 4.13. The Labute approximate surface area is 160 Å². The van der Waals surface area contributed by atoms with Gasteiger partial charge in [0.15, 0.2) is 0 Å². The maximum absolute atomic E-state index is 13.3. The van der Waals surface area contributed by atoms with Gasteiger partial charge in [-0.05, 0) is 36.5 Å². The maximum Gasteiger partial charge on any atom is 0.236 e. The third-order valence-electron chi connectivity index (χ3n) is 5.42. The molecule has 0 spiro atoms. The van der Waals surface area contributed by atoms with E-state index in [-0.39, 0.29) is 29.7 Å². The van der Waals surface area contributed by atoms with Crippen LogP contribution in [0.5, 0.6) is 0 Å². The monoisotopic (exact) mass is 377 g/mol. The van der Waals surface area contributed by atoms with Crippen LogP contribution in [0.3, 0.4) is 0 Å². The average molecular weight is 378 g/mol. The highest BCUT2D eigenvalue weighted by atomic mass is 35.5. The van der Waals surface area contributed by atoms with Crippen molar-refractivity contribution < 1.29 is 9.59 Å². The van der Waals surface area contributed by atoms with Crippen molar-refractivity contribution in [1.82, 2.24) is 15.1 Å². The lowest BCUT2D eigenvalue weighted by molar-refractivity contribution is -0.141. The first-order valence-corrected chi connectivity index (χ1v) is 9.89. The number of carbonyl (C=O) groups excluding carboxylic acids is 2. The Kier molecular flexibility index (Phi) is 6.20. The molecule has 0 radical (unpaired) electrons. The quantitative estimate of drug-likeness (QED) is 0.877. The molecule has 2 heterocycles. The van der Waals surface area contributed by atoms with Crippen molar-refractivity contribution in [3.8, 4) is 0 Å². The number of halogens is 1. The number of carbonyl (C=O) groups is 2.